The number of pyridine rings is 1. The van der Waals surface area contributed by atoms with E-state index in [1.807, 2.05) is 18.2 Å². The van der Waals surface area contributed by atoms with Crippen molar-refractivity contribution >= 4 is 28.9 Å². The average Bonchev–Trinajstić information content (AvgIpc) is 3.18. The molecule has 0 atom stereocenters. The molecule has 3 aromatic rings. The van der Waals surface area contributed by atoms with Gasteiger partial charge in [0.25, 0.3) is 5.91 Å². The van der Waals surface area contributed by atoms with Crippen LogP contribution in [-0.4, -0.2) is 30.0 Å². The number of nitrogens with zero attached hydrogens (tertiary/aromatic N) is 2. The minimum atomic E-state index is -0.473. The number of hydrogen-bond acceptors (Lipinski definition) is 5. The van der Waals surface area contributed by atoms with Crippen molar-refractivity contribution in [2.24, 2.45) is 0 Å². The Morgan fingerprint density at radius 1 is 1.07 bits per heavy atom. The van der Waals surface area contributed by atoms with Gasteiger partial charge in [-0.1, -0.05) is 30.3 Å². The van der Waals surface area contributed by atoms with Crippen molar-refractivity contribution in [3.8, 4) is 0 Å². The van der Waals surface area contributed by atoms with Crippen molar-refractivity contribution in [2.75, 3.05) is 23.4 Å². The number of hydrogen-bond donors (Lipinski definition) is 1. The van der Waals surface area contributed by atoms with Crippen LogP contribution in [0.1, 0.15) is 33.3 Å². The van der Waals surface area contributed by atoms with Gasteiger partial charge < -0.3 is 15.0 Å². The third-order valence-corrected chi connectivity index (χ3v) is 4.85. The summed E-state index contributed by atoms with van der Waals surface area (Å²) in [6.07, 6.45) is 2.69. The molecule has 2 heterocycles. The zero-order chi connectivity index (χ0) is 20.2. The highest BCUT2D eigenvalue weighted by atomic mass is 16.5. The Bertz CT molecular complexity index is 1050. The highest BCUT2D eigenvalue weighted by Crippen LogP contribution is 2.33. The molecular weight excluding hydrogens is 366 g/mol. The lowest BCUT2D eigenvalue weighted by molar-refractivity contribution is 0.0527. The van der Waals surface area contributed by atoms with Gasteiger partial charge in [-0.3, -0.25) is 4.79 Å². The minimum absolute atomic E-state index is 0.268. The number of carbonyl (C=O) groups is 2. The van der Waals surface area contributed by atoms with Crippen LogP contribution in [0, 0.1) is 0 Å². The lowest BCUT2D eigenvalue weighted by Gasteiger charge is -2.19. The molecule has 146 valence electrons. The summed E-state index contributed by atoms with van der Waals surface area (Å²) in [6.45, 7) is 2.90. The third kappa shape index (κ3) is 3.82. The SMILES string of the molecule is CCOC(=O)c1ccccc1NC(=O)c1ccc(N2CCc3ccccc32)cn1. The molecule has 29 heavy (non-hydrogen) atoms. The van der Waals surface area contributed by atoms with Gasteiger partial charge in [-0.2, -0.15) is 0 Å². The van der Waals surface area contributed by atoms with Gasteiger partial charge in [0, 0.05) is 12.2 Å². The molecule has 1 aliphatic heterocycles. The van der Waals surface area contributed by atoms with Crippen LogP contribution in [0.4, 0.5) is 17.1 Å². The maximum absolute atomic E-state index is 12.6. The summed E-state index contributed by atoms with van der Waals surface area (Å²) < 4.78 is 5.05. The van der Waals surface area contributed by atoms with Crippen LogP contribution in [0.5, 0.6) is 0 Å². The summed E-state index contributed by atoms with van der Waals surface area (Å²) in [6, 6.07) is 18.6. The van der Waals surface area contributed by atoms with Gasteiger partial charge in [-0.25, -0.2) is 9.78 Å². The lowest BCUT2D eigenvalue weighted by Crippen LogP contribution is -2.18. The quantitative estimate of drug-likeness (QED) is 0.664. The van der Waals surface area contributed by atoms with Crippen LogP contribution in [0.3, 0.4) is 0 Å². The first-order chi connectivity index (χ1) is 14.2. The Balaban J connectivity index is 1.51. The number of esters is 1. The topological polar surface area (TPSA) is 71.5 Å². The average molecular weight is 387 g/mol. The molecular formula is C23H21N3O3. The summed E-state index contributed by atoms with van der Waals surface area (Å²) in [5.74, 6) is -0.852. The lowest BCUT2D eigenvalue weighted by atomic mass is 10.1. The third-order valence-electron chi connectivity index (χ3n) is 4.85. The Morgan fingerprint density at radius 3 is 2.66 bits per heavy atom. The van der Waals surface area contributed by atoms with Crippen molar-refractivity contribution in [3.63, 3.8) is 0 Å². The maximum Gasteiger partial charge on any atom is 0.340 e. The number of para-hydroxylation sites is 2. The predicted molar refractivity (Wildman–Crippen MR) is 112 cm³/mol. The van der Waals surface area contributed by atoms with Crippen molar-refractivity contribution < 1.29 is 14.3 Å². The molecule has 0 aliphatic carbocycles. The van der Waals surface area contributed by atoms with Crippen molar-refractivity contribution in [3.05, 3.63) is 83.7 Å². The molecule has 0 saturated carbocycles. The fraction of sp³-hybridized carbons (Fsp3) is 0.174. The molecule has 4 rings (SSSR count). The largest absolute Gasteiger partial charge is 0.462 e. The minimum Gasteiger partial charge on any atom is -0.462 e. The number of benzene rings is 2. The van der Waals surface area contributed by atoms with E-state index in [2.05, 4.69) is 27.3 Å². The van der Waals surface area contributed by atoms with Gasteiger partial charge in [0.15, 0.2) is 0 Å². The van der Waals surface area contributed by atoms with Crippen LogP contribution in [0.2, 0.25) is 0 Å². The second kappa shape index (κ2) is 8.14. The molecule has 0 bridgehead atoms. The van der Waals surface area contributed by atoms with Crippen molar-refractivity contribution in [2.45, 2.75) is 13.3 Å². The number of rotatable bonds is 5. The van der Waals surface area contributed by atoms with E-state index in [9.17, 15) is 9.59 Å². The summed E-state index contributed by atoms with van der Waals surface area (Å²) in [4.78, 5) is 31.2. The fourth-order valence-electron chi connectivity index (χ4n) is 3.45. The first kappa shape index (κ1) is 18.7. The Kier molecular flexibility index (Phi) is 5.24. The predicted octanol–water partition coefficient (Wildman–Crippen LogP) is 4.20. The molecule has 6 heteroatoms. The van der Waals surface area contributed by atoms with Gasteiger partial charge in [-0.05, 0) is 49.2 Å². The summed E-state index contributed by atoms with van der Waals surface area (Å²) in [5.41, 5.74) is 4.42. The monoisotopic (exact) mass is 387 g/mol. The normalized spacial score (nSPS) is 12.4. The standard InChI is InChI=1S/C23H21N3O3/c1-2-29-23(28)18-8-4-5-9-19(18)25-22(27)20-12-11-17(15-24-20)26-14-13-16-7-3-6-10-21(16)26/h3-12,15H,2,13-14H2,1H3,(H,25,27). The Labute approximate surface area is 169 Å². The van der Waals surface area contributed by atoms with Gasteiger partial charge in [0.05, 0.1) is 29.7 Å². The molecule has 0 unspecified atom stereocenters. The highest BCUT2D eigenvalue weighted by molar-refractivity contribution is 6.07. The fourth-order valence-corrected chi connectivity index (χ4v) is 3.45. The smallest absolute Gasteiger partial charge is 0.340 e. The van der Waals surface area contributed by atoms with E-state index in [1.54, 1.807) is 43.5 Å². The molecule has 1 amide bonds. The van der Waals surface area contributed by atoms with E-state index in [0.717, 1.165) is 18.7 Å². The highest BCUT2D eigenvalue weighted by Gasteiger charge is 2.21. The molecule has 1 N–H and O–H groups in total. The van der Waals surface area contributed by atoms with E-state index in [1.165, 1.54) is 11.3 Å². The van der Waals surface area contributed by atoms with Crippen LogP contribution in [-0.2, 0) is 11.2 Å². The maximum atomic E-state index is 12.6. The first-order valence-electron chi connectivity index (χ1n) is 9.56. The van der Waals surface area contributed by atoms with Crippen molar-refractivity contribution in [1.82, 2.24) is 4.98 Å². The summed E-state index contributed by atoms with van der Waals surface area (Å²) in [5, 5.41) is 2.75. The Hall–Kier alpha value is -3.67. The van der Waals surface area contributed by atoms with Gasteiger partial charge in [0.2, 0.25) is 0 Å². The molecule has 0 saturated heterocycles. The summed E-state index contributed by atoms with van der Waals surface area (Å²) in [7, 11) is 0. The molecule has 0 fully saturated rings. The molecule has 0 spiro atoms. The van der Waals surface area contributed by atoms with Crippen LogP contribution in [0.15, 0.2) is 66.9 Å². The molecule has 0 radical (unpaired) electrons. The number of aromatic nitrogens is 1. The van der Waals surface area contributed by atoms with E-state index >= 15 is 0 Å². The van der Waals surface area contributed by atoms with Crippen LogP contribution in [0.25, 0.3) is 0 Å². The zero-order valence-corrected chi connectivity index (χ0v) is 16.1. The number of fused-ring (bicyclic) bond motifs is 1. The Morgan fingerprint density at radius 2 is 1.86 bits per heavy atom. The van der Waals surface area contributed by atoms with Crippen molar-refractivity contribution in [1.29, 1.82) is 0 Å². The van der Waals surface area contributed by atoms with Gasteiger partial charge >= 0.3 is 5.97 Å². The second-order valence-electron chi connectivity index (χ2n) is 6.65. The van der Waals surface area contributed by atoms with E-state index in [-0.39, 0.29) is 18.2 Å². The molecule has 1 aromatic heterocycles. The van der Waals surface area contributed by atoms with Gasteiger partial charge in [0.1, 0.15) is 5.69 Å². The van der Waals surface area contributed by atoms with Crippen LogP contribution >= 0.6 is 0 Å². The van der Waals surface area contributed by atoms with E-state index in [0.29, 0.717) is 11.3 Å². The molecule has 1 aliphatic rings. The second-order valence-corrected chi connectivity index (χ2v) is 6.65. The molecule has 2 aromatic carbocycles. The number of nitrogens with one attached hydrogen (secondary N) is 1. The number of carbonyl (C=O) groups excluding carboxylic acids is 2. The van der Waals surface area contributed by atoms with E-state index in [4.69, 9.17) is 4.74 Å². The molecule has 6 nitrogen and oxygen atoms in total. The van der Waals surface area contributed by atoms with Crippen LogP contribution < -0.4 is 10.2 Å². The zero-order valence-electron chi connectivity index (χ0n) is 16.1. The first-order valence-corrected chi connectivity index (χ1v) is 9.56. The number of amides is 1. The van der Waals surface area contributed by atoms with Gasteiger partial charge in [-0.15, -0.1) is 0 Å². The number of anilines is 3. The number of ether oxygens (including phenoxy) is 1. The summed E-state index contributed by atoms with van der Waals surface area (Å²) >= 11 is 0. The van der Waals surface area contributed by atoms with E-state index < -0.39 is 5.97 Å².